The third kappa shape index (κ3) is 2.47. The van der Waals surface area contributed by atoms with Crippen molar-refractivity contribution >= 4 is 17.3 Å². The number of nitrogens with zero attached hydrogens (tertiary/aromatic N) is 1. The molecular formula is C16H21ClFN. The Balaban J connectivity index is 1.94. The van der Waals surface area contributed by atoms with Crippen molar-refractivity contribution in [1.82, 2.24) is 0 Å². The summed E-state index contributed by atoms with van der Waals surface area (Å²) in [6, 6.07) is 5.97. The van der Waals surface area contributed by atoms with Gasteiger partial charge in [-0.2, -0.15) is 0 Å². The van der Waals surface area contributed by atoms with Gasteiger partial charge < -0.3 is 4.90 Å². The first-order chi connectivity index (χ1) is 9.31. The van der Waals surface area contributed by atoms with Crippen molar-refractivity contribution in [3.8, 4) is 0 Å². The minimum Gasteiger partial charge on any atom is -0.368 e. The summed E-state index contributed by atoms with van der Waals surface area (Å²) in [5.74, 6) is 0.898. The number of alkyl halides is 1. The Morgan fingerprint density at radius 1 is 1.16 bits per heavy atom. The number of hydrogen-bond acceptors (Lipinski definition) is 1. The van der Waals surface area contributed by atoms with Crippen LogP contribution in [-0.2, 0) is 5.88 Å². The van der Waals surface area contributed by atoms with Crippen LogP contribution in [0.15, 0.2) is 18.2 Å². The van der Waals surface area contributed by atoms with E-state index in [2.05, 4.69) is 4.90 Å². The summed E-state index contributed by atoms with van der Waals surface area (Å²) in [7, 11) is 0. The lowest BCUT2D eigenvalue weighted by Gasteiger charge is -2.46. The minimum absolute atomic E-state index is 0.162. The molecule has 0 bridgehead atoms. The van der Waals surface area contributed by atoms with Crippen molar-refractivity contribution in [2.75, 3.05) is 11.4 Å². The Morgan fingerprint density at radius 2 is 1.95 bits per heavy atom. The van der Waals surface area contributed by atoms with Gasteiger partial charge in [0.25, 0.3) is 0 Å². The number of hydrogen-bond donors (Lipinski definition) is 0. The van der Waals surface area contributed by atoms with Crippen molar-refractivity contribution in [3.05, 3.63) is 29.6 Å². The number of piperidine rings is 1. The molecule has 0 N–H and O–H groups in total. The van der Waals surface area contributed by atoms with E-state index in [1.807, 2.05) is 12.1 Å². The van der Waals surface area contributed by atoms with Crippen LogP contribution in [0.5, 0.6) is 0 Å². The highest BCUT2D eigenvalue weighted by Gasteiger charge is 2.34. The van der Waals surface area contributed by atoms with E-state index in [9.17, 15) is 4.39 Å². The molecule has 2 fully saturated rings. The molecule has 0 unspecified atom stereocenters. The zero-order valence-electron chi connectivity index (χ0n) is 11.2. The van der Waals surface area contributed by atoms with Gasteiger partial charge in [0.05, 0.1) is 5.88 Å². The molecule has 1 aromatic carbocycles. The van der Waals surface area contributed by atoms with Gasteiger partial charge in [0.15, 0.2) is 0 Å². The van der Waals surface area contributed by atoms with Crippen LogP contribution in [0, 0.1) is 11.7 Å². The van der Waals surface area contributed by atoms with E-state index in [0.717, 1.165) is 18.2 Å². The van der Waals surface area contributed by atoms with Gasteiger partial charge in [-0.25, -0.2) is 4.39 Å². The van der Waals surface area contributed by atoms with E-state index in [1.165, 1.54) is 44.6 Å². The van der Waals surface area contributed by atoms with Crippen molar-refractivity contribution < 1.29 is 4.39 Å². The van der Waals surface area contributed by atoms with Crippen molar-refractivity contribution in [2.45, 2.75) is 50.4 Å². The molecular weight excluding hydrogens is 261 g/mol. The maximum Gasteiger partial charge on any atom is 0.129 e. The van der Waals surface area contributed by atoms with Gasteiger partial charge in [-0.05, 0) is 43.7 Å². The Morgan fingerprint density at radius 3 is 2.79 bits per heavy atom. The van der Waals surface area contributed by atoms with Crippen molar-refractivity contribution in [3.63, 3.8) is 0 Å². The number of rotatable bonds is 2. The summed E-state index contributed by atoms with van der Waals surface area (Å²) >= 11 is 5.97. The molecule has 2 atom stereocenters. The topological polar surface area (TPSA) is 3.24 Å². The van der Waals surface area contributed by atoms with Crippen LogP contribution in [-0.4, -0.2) is 12.6 Å². The summed E-state index contributed by atoms with van der Waals surface area (Å²) in [6.45, 7) is 1.05. The maximum atomic E-state index is 13.9. The zero-order valence-corrected chi connectivity index (χ0v) is 12.0. The van der Waals surface area contributed by atoms with Crippen LogP contribution in [0.2, 0.25) is 0 Å². The Labute approximate surface area is 119 Å². The fourth-order valence-electron chi connectivity index (χ4n) is 3.87. The lowest BCUT2D eigenvalue weighted by Crippen LogP contribution is -2.47. The van der Waals surface area contributed by atoms with Crippen LogP contribution in [0.1, 0.15) is 44.1 Å². The molecule has 0 spiro atoms. The smallest absolute Gasteiger partial charge is 0.129 e. The van der Waals surface area contributed by atoms with Crippen LogP contribution >= 0.6 is 11.6 Å². The highest BCUT2D eigenvalue weighted by Crippen LogP contribution is 2.39. The Bertz CT molecular complexity index is 446. The fourth-order valence-corrected chi connectivity index (χ4v) is 4.14. The van der Waals surface area contributed by atoms with E-state index in [-0.39, 0.29) is 11.7 Å². The summed E-state index contributed by atoms with van der Waals surface area (Å²) < 4.78 is 13.9. The molecule has 19 heavy (non-hydrogen) atoms. The molecule has 1 nitrogen and oxygen atoms in total. The molecule has 1 saturated carbocycles. The third-order valence-electron chi connectivity index (χ3n) is 4.78. The number of anilines is 1. The summed E-state index contributed by atoms with van der Waals surface area (Å²) in [6.07, 6.45) is 7.82. The average Bonchev–Trinajstić information content (AvgIpc) is 2.46. The number of benzene rings is 1. The van der Waals surface area contributed by atoms with E-state index < -0.39 is 0 Å². The van der Waals surface area contributed by atoms with Crippen LogP contribution in [0.4, 0.5) is 10.1 Å². The average molecular weight is 282 g/mol. The molecule has 1 aliphatic carbocycles. The molecule has 1 heterocycles. The molecule has 2 aliphatic rings. The third-order valence-corrected chi connectivity index (χ3v) is 5.05. The Hall–Kier alpha value is -0.760. The van der Waals surface area contributed by atoms with Crippen LogP contribution in [0.3, 0.4) is 0 Å². The highest BCUT2D eigenvalue weighted by molar-refractivity contribution is 6.17. The van der Waals surface area contributed by atoms with Gasteiger partial charge in [0.2, 0.25) is 0 Å². The predicted octanol–water partition coefficient (Wildman–Crippen LogP) is 4.72. The molecule has 3 heteroatoms. The zero-order chi connectivity index (χ0) is 13.2. The molecule has 1 saturated heterocycles. The quantitative estimate of drug-likeness (QED) is 0.709. The predicted molar refractivity (Wildman–Crippen MR) is 78.3 cm³/mol. The normalized spacial score (nSPS) is 27.2. The molecule has 0 radical (unpaired) electrons. The second kappa shape index (κ2) is 5.70. The maximum absolute atomic E-state index is 13.9. The largest absolute Gasteiger partial charge is 0.368 e. The molecule has 1 aromatic rings. The van der Waals surface area contributed by atoms with E-state index in [4.69, 9.17) is 11.6 Å². The molecule has 0 amide bonds. The summed E-state index contributed by atoms with van der Waals surface area (Å²) in [5.41, 5.74) is 1.71. The van der Waals surface area contributed by atoms with E-state index >= 15 is 0 Å². The number of halogens is 2. The molecule has 3 rings (SSSR count). The highest BCUT2D eigenvalue weighted by atomic mass is 35.5. The van der Waals surface area contributed by atoms with Gasteiger partial charge in [-0.1, -0.05) is 18.9 Å². The van der Waals surface area contributed by atoms with E-state index in [1.54, 1.807) is 0 Å². The molecule has 1 aliphatic heterocycles. The van der Waals surface area contributed by atoms with Crippen molar-refractivity contribution in [2.24, 2.45) is 5.92 Å². The lowest BCUT2D eigenvalue weighted by molar-refractivity contribution is 0.243. The first kappa shape index (κ1) is 13.2. The standard InChI is InChI=1S/C16H21ClFN/c17-11-13-14(18)7-3-9-16(13)19-10-4-6-12-5-1-2-8-15(12)19/h3,7,9,12,15H,1-2,4-6,8,10-11H2/t12-,15-/m1/s1. The summed E-state index contributed by atoms with van der Waals surface area (Å²) in [5, 5.41) is 0. The monoisotopic (exact) mass is 281 g/mol. The van der Waals surface area contributed by atoms with Gasteiger partial charge >= 0.3 is 0 Å². The number of fused-ring (bicyclic) bond motifs is 1. The van der Waals surface area contributed by atoms with Gasteiger partial charge in [0.1, 0.15) is 5.82 Å². The van der Waals surface area contributed by atoms with Crippen LogP contribution < -0.4 is 4.90 Å². The van der Waals surface area contributed by atoms with E-state index in [0.29, 0.717) is 11.6 Å². The first-order valence-electron chi connectivity index (χ1n) is 7.41. The summed E-state index contributed by atoms with van der Waals surface area (Å²) in [4.78, 5) is 2.44. The lowest BCUT2D eigenvalue weighted by atomic mass is 9.78. The molecule has 0 aromatic heterocycles. The minimum atomic E-state index is -0.162. The van der Waals surface area contributed by atoms with Crippen LogP contribution in [0.25, 0.3) is 0 Å². The SMILES string of the molecule is Fc1cccc(N2CCC[C@H]3CCCC[C@H]32)c1CCl. The van der Waals surface area contributed by atoms with Gasteiger partial charge in [-0.3, -0.25) is 0 Å². The second-order valence-electron chi connectivity index (χ2n) is 5.82. The van der Waals surface area contributed by atoms with Gasteiger partial charge in [-0.15, -0.1) is 11.6 Å². The Kier molecular flexibility index (Phi) is 3.97. The fraction of sp³-hybridized carbons (Fsp3) is 0.625. The van der Waals surface area contributed by atoms with Crippen molar-refractivity contribution in [1.29, 1.82) is 0 Å². The van der Waals surface area contributed by atoms with Gasteiger partial charge in [0, 0.05) is 23.8 Å². The molecule has 104 valence electrons. The first-order valence-corrected chi connectivity index (χ1v) is 7.94. The second-order valence-corrected chi connectivity index (χ2v) is 6.09.